The number of aliphatic imine (C=N–C) groups is 1. The Balaban J connectivity index is 2.55. The molecule has 0 aliphatic heterocycles. The van der Waals surface area contributed by atoms with Crippen molar-refractivity contribution in [3.8, 4) is 0 Å². The highest BCUT2D eigenvalue weighted by molar-refractivity contribution is 7.91. The van der Waals surface area contributed by atoms with Gasteiger partial charge in [-0.1, -0.05) is 30.7 Å². The molecule has 0 saturated carbocycles. The molecule has 1 aromatic carbocycles. The number of hydrogen-bond donors (Lipinski definition) is 2. The molecule has 0 spiro atoms. The number of nitrogens with zero attached hydrogens (tertiary/aromatic N) is 1. The third kappa shape index (κ3) is 7.34. The van der Waals surface area contributed by atoms with Crippen molar-refractivity contribution in [1.82, 2.24) is 10.6 Å². The van der Waals surface area contributed by atoms with Crippen LogP contribution in [-0.2, 0) is 16.4 Å². The summed E-state index contributed by atoms with van der Waals surface area (Å²) < 4.78 is 22.9. The Hall–Kier alpha value is -1.27. The third-order valence-electron chi connectivity index (χ3n) is 2.82. The molecule has 0 aliphatic rings. The smallest absolute Gasteiger partial charge is 0.191 e. The maximum absolute atomic E-state index is 11.4. The maximum atomic E-state index is 11.4. The van der Waals surface area contributed by atoms with Gasteiger partial charge in [0.05, 0.1) is 12.3 Å². The van der Waals surface area contributed by atoms with Crippen LogP contribution in [0.25, 0.3) is 0 Å². The normalized spacial score (nSPS) is 12.2. The molecule has 5 nitrogen and oxygen atoms in total. The molecule has 0 atom stereocenters. The van der Waals surface area contributed by atoms with E-state index in [-0.39, 0.29) is 11.5 Å². The minimum atomic E-state index is -2.96. The van der Waals surface area contributed by atoms with Gasteiger partial charge >= 0.3 is 0 Å². The molecule has 0 bridgehead atoms. The summed E-state index contributed by atoms with van der Waals surface area (Å²) in [6, 6.07) is 7.47. The van der Waals surface area contributed by atoms with Gasteiger partial charge in [0.2, 0.25) is 0 Å². The second kappa shape index (κ2) is 8.89. The topological polar surface area (TPSA) is 70.6 Å². The summed E-state index contributed by atoms with van der Waals surface area (Å²) >= 11 is 5.83. The average Bonchev–Trinajstić information content (AvgIpc) is 2.46. The number of hydrogen-bond acceptors (Lipinski definition) is 3. The lowest BCUT2D eigenvalue weighted by Gasteiger charge is -2.11. The first-order chi connectivity index (χ1) is 9.96. The van der Waals surface area contributed by atoms with Gasteiger partial charge < -0.3 is 10.6 Å². The number of sulfone groups is 1. The Labute approximate surface area is 131 Å². The van der Waals surface area contributed by atoms with Gasteiger partial charge in [-0.25, -0.2) is 13.4 Å². The second-order valence-electron chi connectivity index (χ2n) is 4.48. The predicted molar refractivity (Wildman–Crippen MR) is 88.6 cm³/mol. The Morgan fingerprint density at radius 3 is 2.43 bits per heavy atom. The van der Waals surface area contributed by atoms with Crippen LogP contribution in [0.5, 0.6) is 0 Å². The van der Waals surface area contributed by atoms with E-state index < -0.39 is 9.84 Å². The largest absolute Gasteiger partial charge is 0.357 e. The molecule has 0 radical (unpaired) electrons. The molecule has 0 unspecified atom stereocenters. The number of guanidine groups is 1. The molecule has 1 rings (SSSR count). The van der Waals surface area contributed by atoms with Gasteiger partial charge in [0.1, 0.15) is 0 Å². The van der Waals surface area contributed by atoms with Crippen LogP contribution in [0.1, 0.15) is 19.4 Å². The van der Waals surface area contributed by atoms with Crippen molar-refractivity contribution in [1.29, 1.82) is 0 Å². The molecule has 118 valence electrons. The van der Waals surface area contributed by atoms with Gasteiger partial charge in [0, 0.05) is 23.9 Å². The predicted octanol–water partition coefficient (Wildman–Crippen LogP) is 1.83. The highest BCUT2D eigenvalue weighted by Crippen LogP contribution is 2.10. The zero-order valence-corrected chi connectivity index (χ0v) is 14.0. The van der Waals surface area contributed by atoms with Crippen molar-refractivity contribution >= 4 is 27.4 Å². The first kappa shape index (κ1) is 17.8. The van der Waals surface area contributed by atoms with E-state index in [1.54, 1.807) is 6.92 Å². The molecule has 0 fully saturated rings. The fraction of sp³-hybridized carbons (Fsp3) is 0.500. The number of rotatable bonds is 7. The minimum Gasteiger partial charge on any atom is -0.357 e. The lowest BCUT2D eigenvalue weighted by Crippen LogP contribution is -2.39. The van der Waals surface area contributed by atoms with Crippen molar-refractivity contribution in [2.75, 3.05) is 24.6 Å². The maximum Gasteiger partial charge on any atom is 0.191 e. The molecule has 7 heteroatoms. The van der Waals surface area contributed by atoms with Crippen LogP contribution in [0.15, 0.2) is 29.3 Å². The van der Waals surface area contributed by atoms with E-state index in [0.717, 1.165) is 5.56 Å². The minimum absolute atomic E-state index is 0.106. The quantitative estimate of drug-likeness (QED) is 0.590. The van der Waals surface area contributed by atoms with Gasteiger partial charge in [-0.2, -0.15) is 0 Å². The van der Waals surface area contributed by atoms with Gasteiger partial charge in [-0.15, -0.1) is 0 Å². The van der Waals surface area contributed by atoms with Crippen molar-refractivity contribution in [2.24, 2.45) is 4.99 Å². The monoisotopic (exact) mass is 331 g/mol. The summed E-state index contributed by atoms with van der Waals surface area (Å²) in [5.74, 6) is 0.876. The molecule has 21 heavy (non-hydrogen) atoms. The fourth-order valence-corrected chi connectivity index (χ4v) is 2.40. The van der Waals surface area contributed by atoms with E-state index in [4.69, 9.17) is 11.6 Å². The Bertz CT molecular complexity index is 556. The van der Waals surface area contributed by atoms with Crippen LogP contribution in [0.3, 0.4) is 0 Å². The Kier molecular flexibility index (Phi) is 7.53. The summed E-state index contributed by atoms with van der Waals surface area (Å²) in [7, 11) is -2.96. The van der Waals surface area contributed by atoms with Crippen molar-refractivity contribution in [2.45, 2.75) is 20.4 Å². The molecule has 1 aromatic rings. The molecule has 2 N–H and O–H groups in total. The van der Waals surface area contributed by atoms with E-state index in [9.17, 15) is 8.42 Å². The van der Waals surface area contributed by atoms with Gasteiger partial charge in [0.25, 0.3) is 0 Å². The molecule has 0 aliphatic carbocycles. The number of halogens is 1. The fourth-order valence-electron chi connectivity index (χ4n) is 1.57. The molecule has 0 saturated heterocycles. The van der Waals surface area contributed by atoms with Crippen LogP contribution in [0.4, 0.5) is 0 Å². The van der Waals surface area contributed by atoms with E-state index in [1.165, 1.54) is 0 Å². The van der Waals surface area contributed by atoms with Crippen LogP contribution < -0.4 is 10.6 Å². The van der Waals surface area contributed by atoms with Crippen LogP contribution >= 0.6 is 11.6 Å². The lowest BCUT2D eigenvalue weighted by atomic mass is 10.2. The molecular weight excluding hydrogens is 310 g/mol. The second-order valence-corrected chi connectivity index (χ2v) is 7.39. The highest BCUT2D eigenvalue weighted by atomic mass is 35.5. The van der Waals surface area contributed by atoms with Crippen LogP contribution in [-0.4, -0.2) is 39.0 Å². The summed E-state index contributed by atoms with van der Waals surface area (Å²) in [6.45, 7) is 5.18. The van der Waals surface area contributed by atoms with Gasteiger partial charge in [-0.05, 0) is 24.6 Å². The zero-order chi connectivity index (χ0) is 15.7. The average molecular weight is 332 g/mol. The highest BCUT2D eigenvalue weighted by Gasteiger charge is 2.07. The number of benzene rings is 1. The lowest BCUT2D eigenvalue weighted by molar-refractivity contribution is 0.595. The molecule has 0 amide bonds. The third-order valence-corrected chi connectivity index (χ3v) is 4.78. The van der Waals surface area contributed by atoms with E-state index >= 15 is 0 Å². The molecule has 0 heterocycles. The van der Waals surface area contributed by atoms with E-state index in [1.807, 2.05) is 31.2 Å². The summed E-state index contributed by atoms with van der Waals surface area (Å²) in [4.78, 5) is 4.42. The van der Waals surface area contributed by atoms with Gasteiger partial charge in [-0.3, -0.25) is 0 Å². The summed E-state index contributed by atoms with van der Waals surface area (Å²) in [5.41, 5.74) is 1.04. The van der Waals surface area contributed by atoms with Crippen molar-refractivity contribution in [3.05, 3.63) is 34.9 Å². The standard InChI is InChI=1S/C14H22ClN3O2S/c1-3-16-14(17-9-10-21(19,20)4-2)18-11-12-5-7-13(15)8-6-12/h5-8H,3-4,9-11H2,1-2H3,(H2,16,17,18). The van der Waals surface area contributed by atoms with E-state index in [0.29, 0.717) is 30.6 Å². The Morgan fingerprint density at radius 1 is 1.19 bits per heavy atom. The molecule has 0 aromatic heterocycles. The first-order valence-corrected chi connectivity index (χ1v) is 9.14. The number of nitrogens with one attached hydrogen (secondary N) is 2. The summed E-state index contributed by atoms with van der Waals surface area (Å²) in [5, 5.41) is 6.81. The SMILES string of the molecule is CCNC(=NCc1ccc(Cl)cc1)NCCS(=O)(=O)CC. The van der Waals surface area contributed by atoms with E-state index in [2.05, 4.69) is 15.6 Å². The van der Waals surface area contributed by atoms with Gasteiger partial charge in [0.15, 0.2) is 15.8 Å². The molecular formula is C14H22ClN3O2S. The summed E-state index contributed by atoms with van der Waals surface area (Å²) in [6.07, 6.45) is 0. The van der Waals surface area contributed by atoms with Crippen molar-refractivity contribution < 1.29 is 8.42 Å². The Morgan fingerprint density at radius 2 is 1.86 bits per heavy atom. The first-order valence-electron chi connectivity index (χ1n) is 6.94. The van der Waals surface area contributed by atoms with Crippen LogP contribution in [0.2, 0.25) is 5.02 Å². The zero-order valence-electron chi connectivity index (χ0n) is 12.4. The van der Waals surface area contributed by atoms with Crippen LogP contribution in [0, 0.1) is 0 Å². The van der Waals surface area contributed by atoms with Crippen molar-refractivity contribution in [3.63, 3.8) is 0 Å².